The maximum atomic E-state index is 13.6. The molecule has 198 valence electrons. The number of carbonyl (C=O) groups excluding carboxylic acids is 2. The second-order valence-corrected chi connectivity index (χ2v) is 15.2. The first kappa shape index (κ1) is 28.3. The molecular weight excluding hydrogens is 488 g/mol. The first-order valence-corrected chi connectivity index (χ1v) is 15.8. The van der Waals surface area contributed by atoms with Crippen molar-refractivity contribution < 1.29 is 23.6 Å². The lowest BCUT2D eigenvalue weighted by atomic mass is 9.95. The highest BCUT2D eigenvalue weighted by Gasteiger charge is 2.31. The summed E-state index contributed by atoms with van der Waals surface area (Å²) in [7, 11) is 1.74. The van der Waals surface area contributed by atoms with E-state index < -0.39 is 25.6 Å². The van der Waals surface area contributed by atoms with Crippen LogP contribution in [0, 0.1) is 0 Å². The van der Waals surface area contributed by atoms with Crippen LogP contribution in [0.1, 0.15) is 39.7 Å². The van der Waals surface area contributed by atoms with Gasteiger partial charge in [-0.25, -0.2) is 0 Å². The number of aromatic amines is 1. The molecule has 0 saturated heterocycles. The second kappa shape index (κ2) is 12.8. The van der Waals surface area contributed by atoms with Crippen molar-refractivity contribution >= 4 is 25.0 Å². The summed E-state index contributed by atoms with van der Waals surface area (Å²) in [5.41, 5.74) is 1.99. The summed E-state index contributed by atoms with van der Waals surface area (Å²) < 4.78 is 15.7. The average molecular weight is 525 g/mol. The number of benzene rings is 2. The fourth-order valence-corrected chi connectivity index (χ4v) is 5.18. The van der Waals surface area contributed by atoms with E-state index in [1.807, 2.05) is 36.4 Å². The van der Waals surface area contributed by atoms with Gasteiger partial charge in [0.25, 0.3) is 11.5 Å². The molecule has 1 amide bonds. The van der Waals surface area contributed by atoms with Crippen molar-refractivity contribution in [3.05, 3.63) is 87.4 Å². The van der Waals surface area contributed by atoms with Crippen molar-refractivity contribution in [1.82, 2.24) is 10.1 Å². The van der Waals surface area contributed by atoms with Gasteiger partial charge in [-0.2, -0.15) is 5.16 Å². The summed E-state index contributed by atoms with van der Waals surface area (Å²) >= 11 is 0. The number of carbonyl (C=O) groups is 2. The second-order valence-electron chi connectivity index (χ2n) is 10.1. The van der Waals surface area contributed by atoms with Crippen LogP contribution in [0.2, 0.25) is 19.6 Å². The van der Waals surface area contributed by atoms with Crippen molar-refractivity contribution in [2.24, 2.45) is 0 Å². The number of amides is 1. The van der Waals surface area contributed by atoms with Gasteiger partial charge >= 0.3 is 0 Å². The van der Waals surface area contributed by atoms with Crippen LogP contribution in [-0.2, 0) is 27.3 Å². The predicted octanol–water partition coefficient (Wildman–Crippen LogP) is 3.69. The van der Waals surface area contributed by atoms with Crippen molar-refractivity contribution in [3.63, 3.8) is 0 Å². The molecule has 1 atom stereocenters. The molecule has 0 aliphatic rings. The molecule has 3 rings (SSSR count). The van der Waals surface area contributed by atoms with Gasteiger partial charge in [0.05, 0.1) is 20.7 Å². The highest BCUT2D eigenvalue weighted by atomic mass is 28.3. The Morgan fingerprint density at radius 3 is 2.22 bits per heavy atom. The van der Waals surface area contributed by atoms with Crippen LogP contribution in [0.3, 0.4) is 0 Å². The molecule has 1 aromatic heterocycles. The Bertz CT molecular complexity index is 1230. The van der Waals surface area contributed by atoms with E-state index in [4.69, 9.17) is 14.0 Å². The van der Waals surface area contributed by atoms with Gasteiger partial charge in [-0.3, -0.25) is 14.4 Å². The minimum atomic E-state index is -1.45. The first-order chi connectivity index (χ1) is 17.6. The number of nitrogens with zero attached hydrogens (tertiary/aromatic N) is 1. The van der Waals surface area contributed by atoms with Crippen molar-refractivity contribution in [1.29, 1.82) is 0 Å². The Labute approximate surface area is 218 Å². The van der Waals surface area contributed by atoms with E-state index in [-0.39, 0.29) is 18.0 Å². The largest absolute Gasteiger partial charge is 0.385 e. The summed E-state index contributed by atoms with van der Waals surface area (Å²) in [6.45, 7) is 8.50. The molecule has 3 aromatic rings. The van der Waals surface area contributed by atoms with Crippen LogP contribution < -0.4 is 10.7 Å². The van der Waals surface area contributed by atoms with Gasteiger partial charge in [0.2, 0.25) is 5.76 Å². The quantitative estimate of drug-likeness (QED) is 0.270. The van der Waals surface area contributed by atoms with E-state index in [1.165, 1.54) is 10.1 Å². The van der Waals surface area contributed by atoms with E-state index in [9.17, 15) is 14.4 Å². The minimum Gasteiger partial charge on any atom is -0.385 e. The summed E-state index contributed by atoms with van der Waals surface area (Å²) in [5, 5.41) is 3.44. The highest BCUT2D eigenvalue weighted by molar-refractivity contribution is 6.88. The molecule has 1 unspecified atom stereocenters. The van der Waals surface area contributed by atoms with E-state index >= 15 is 0 Å². The third kappa shape index (κ3) is 7.85. The van der Waals surface area contributed by atoms with Crippen LogP contribution in [-0.4, -0.2) is 57.2 Å². The Hall–Kier alpha value is -3.27. The number of hydrogen-bond acceptors (Lipinski definition) is 6. The molecule has 2 aromatic carbocycles. The van der Waals surface area contributed by atoms with Crippen LogP contribution in [0.4, 0.5) is 0 Å². The summed E-state index contributed by atoms with van der Waals surface area (Å²) in [6, 6.07) is 15.8. The number of rotatable bonds is 13. The highest BCUT2D eigenvalue weighted by Crippen LogP contribution is 2.25. The van der Waals surface area contributed by atoms with Gasteiger partial charge in [0.15, 0.2) is 5.78 Å². The number of Topliss-reactive ketones (excluding diaryl/α,β-unsaturated/α-hetero) is 1. The van der Waals surface area contributed by atoms with Crippen molar-refractivity contribution in [2.75, 3.05) is 27.4 Å². The van der Waals surface area contributed by atoms with Gasteiger partial charge < -0.3 is 18.9 Å². The van der Waals surface area contributed by atoms with Gasteiger partial charge in [-0.15, -0.1) is 0 Å². The van der Waals surface area contributed by atoms with Gasteiger partial charge in [-0.05, 0) is 23.1 Å². The summed E-state index contributed by atoms with van der Waals surface area (Å²) in [5.74, 6) is -0.847. The van der Waals surface area contributed by atoms with Crippen LogP contribution in [0.25, 0.3) is 0 Å². The molecule has 0 spiro atoms. The number of aromatic nitrogens is 1. The molecule has 1 heterocycles. The lowest BCUT2D eigenvalue weighted by molar-refractivity contribution is -0.122. The number of nitrogens with one attached hydrogen (secondary N) is 1. The molecule has 9 heteroatoms. The number of ketones is 1. The van der Waals surface area contributed by atoms with Crippen molar-refractivity contribution in [3.8, 4) is 0 Å². The average Bonchev–Trinajstić information content (AvgIpc) is 3.30. The monoisotopic (exact) mass is 524 g/mol. The molecule has 8 nitrogen and oxygen atoms in total. The van der Waals surface area contributed by atoms with E-state index in [2.05, 4.69) is 36.9 Å². The smallest absolute Gasteiger partial charge is 0.293 e. The molecule has 0 fully saturated rings. The zero-order chi connectivity index (χ0) is 27.0. The minimum absolute atomic E-state index is 0.141. The SMILES string of the molecule is COCCCOCc1ccc(C(C(=O)Cc2ccc([Si](C)(C)C)cc2)N(C)C(=O)c2cc(=O)[nH]o2)cc1. The fourth-order valence-electron chi connectivity index (χ4n) is 4.02. The number of ether oxygens (including phenoxy) is 2. The zero-order valence-electron chi connectivity index (χ0n) is 22.2. The van der Waals surface area contributed by atoms with Crippen molar-refractivity contribution in [2.45, 2.75) is 45.1 Å². The third-order valence-electron chi connectivity index (χ3n) is 6.15. The maximum absolute atomic E-state index is 13.6. The maximum Gasteiger partial charge on any atom is 0.293 e. The van der Waals surface area contributed by atoms with E-state index in [1.54, 1.807) is 14.2 Å². The van der Waals surface area contributed by atoms with Crippen LogP contribution in [0.15, 0.2) is 63.9 Å². The van der Waals surface area contributed by atoms with Gasteiger partial charge in [0.1, 0.15) is 6.04 Å². The Kier molecular flexibility index (Phi) is 9.79. The Morgan fingerprint density at radius 1 is 1.00 bits per heavy atom. The molecule has 0 radical (unpaired) electrons. The standard InChI is InChI=1S/C28H36N2O6Si/c1-30(28(33)25-18-26(32)29-36-25)27(22-11-7-21(8-12-22)19-35-16-6-15-34-2)24(31)17-20-9-13-23(14-10-20)37(3,4)5/h7-14,18,27H,6,15-17,19H2,1-5H3,(H,29,32). The number of likely N-dealkylation sites (N-methyl/N-ethyl adjacent to an activating group) is 1. The van der Waals surface area contributed by atoms with Crippen LogP contribution >= 0.6 is 0 Å². The van der Waals surface area contributed by atoms with Crippen LogP contribution in [0.5, 0.6) is 0 Å². The van der Waals surface area contributed by atoms with E-state index in [0.29, 0.717) is 25.4 Å². The molecule has 37 heavy (non-hydrogen) atoms. The summed E-state index contributed by atoms with van der Waals surface area (Å²) in [4.78, 5) is 39.5. The topological polar surface area (TPSA) is 102 Å². The third-order valence-corrected chi connectivity index (χ3v) is 8.21. The zero-order valence-corrected chi connectivity index (χ0v) is 23.2. The molecule has 0 aliphatic carbocycles. The number of hydrogen-bond donors (Lipinski definition) is 1. The lowest BCUT2D eigenvalue weighted by Gasteiger charge is -2.27. The molecular formula is C28H36N2O6Si. The summed E-state index contributed by atoms with van der Waals surface area (Å²) in [6.07, 6.45) is 0.974. The van der Waals surface area contributed by atoms with Gasteiger partial charge in [-0.1, -0.05) is 73.4 Å². The number of methoxy groups -OCH3 is 1. The number of H-pyrrole nitrogens is 1. The van der Waals surface area contributed by atoms with Gasteiger partial charge in [0, 0.05) is 33.8 Å². The lowest BCUT2D eigenvalue weighted by Crippen LogP contribution is -2.38. The molecule has 0 bridgehead atoms. The predicted molar refractivity (Wildman–Crippen MR) is 145 cm³/mol. The first-order valence-electron chi connectivity index (χ1n) is 12.3. The molecule has 0 saturated carbocycles. The normalized spacial score (nSPS) is 12.4. The Balaban J connectivity index is 1.81. The van der Waals surface area contributed by atoms with E-state index in [0.717, 1.165) is 23.6 Å². The fraction of sp³-hybridized carbons (Fsp3) is 0.393. The Morgan fingerprint density at radius 2 is 1.65 bits per heavy atom. The molecule has 0 aliphatic heterocycles. The molecule has 1 N–H and O–H groups in total.